The first-order valence-corrected chi connectivity index (χ1v) is 10.2. The summed E-state index contributed by atoms with van der Waals surface area (Å²) in [7, 11) is 1.57. The first-order valence-electron chi connectivity index (χ1n) is 9.85. The maximum Gasteiger partial charge on any atom is 0.183 e. The van der Waals surface area contributed by atoms with Crippen LogP contribution in [0.15, 0.2) is 24.7 Å². The highest BCUT2D eigenvalue weighted by atomic mass is 35.5. The number of anilines is 1. The quantitative estimate of drug-likeness (QED) is 0.525. The number of nitrogens with zero attached hydrogens (tertiary/aromatic N) is 4. The van der Waals surface area contributed by atoms with Crippen LogP contribution < -0.4 is 5.32 Å². The molecule has 4 heterocycles. The Hall–Kier alpha value is -2.33. The van der Waals surface area contributed by atoms with Crippen molar-refractivity contribution >= 4 is 28.5 Å². The molecule has 1 unspecified atom stereocenters. The molecule has 160 valence electrons. The number of aliphatic hydroxyl groups is 1. The number of methoxy groups -OCH3 is 1. The Kier molecular flexibility index (Phi) is 6.43. The number of hydrogen-bond donors (Lipinski definition) is 3. The van der Waals surface area contributed by atoms with E-state index in [2.05, 4.69) is 30.2 Å². The van der Waals surface area contributed by atoms with Crippen LogP contribution in [0.2, 0.25) is 5.02 Å². The zero-order valence-corrected chi connectivity index (χ0v) is 17.4. The Morgan fingerprint density at radius 1 is 1.43 bits per heavy atom. The van der Waals surface area contributed by atoms with E-state index < -0.39 is 11.9 Å². The molecule has 0 spiro atoms. The maximum absolute atomic E-state index is 14.5. The second-order valence-corrected chi connectivity index (χ2v) is 7.93. The van der Waals surface area contributed by atoms with Gasteiger partial charge in [0.1, 0.15) is 5.65 Å². The van der Waals surface area contributed by atoms with E-state index in [1.54, 1.807) is 25.6 Å². The van der Waals surface area contributed by atoms with Gasteiger partial charge in [0.25, 0.3) is 0 Å². The smallest absolute Gasteiger partial charge is 0.183 e. The van der Waals surface area contributed by atoms with Crippen LogP contribution in [0.25, 0.3) is 22.4 Å². The fourth-order valence-electron chi connectivity index (χ4n) is 3.84. The Bertz CT molecular complexity index is 1020. The van der Waals surface area contributed by atoms with Crippen LogP contribution in [-0.4, -0.2) is 75.4 Å². The third kappa shape index (κ3) is 4.70. The molecule has 1 saturated heterocycles. The molecule has 3 N–H and O–H groups in total. The molecule has 0 aromatic carbocycles. The second-order valence-electron chi connectivity index (χ2n) is 7.49. The molecule has 0 saturated carbocycles. The van der Waals surface area contributed by atoms with Gasteiger partial charge in [-0.05, 0) is 25.5 Å². The van der Waals surface area contributed by atoms with E-state index in [0.29, 0.717) is 41.8 Å². The van der Waals surface area contributed by atoms with E-state index in [4.69, 9.17) is 16.3 Å². The lowest BCUT2D eigenvalue weighted by Crippen LogP contribution is -2.46. The summed E-state index contributed by atoms with van der Waals surface area (Å²) >= 11 is 6.07. The minimum absolute atomic E-state index is 0.0184. The summed E-state index contributed by atoms with van der Waals surface area (Å²) in [6.07, 6.45) is 5.76. The number of nitrogens with one attached hydrogen (secondary N) is 2. The van der Waals surface area contributed by atoms with Gasteiger partial charge in [-0.25, -0.2) is 19.3 Å². The van der Waals surface area contributed by atoms with Crippen molar-refractivity contribution < 1.29 is 14.2 Å². The van der Waals surface area contributed by atoms with Crippen LogP contribution in [-0.2, 0) is 4.74 Å². The lowest BCUT2D eigenvalue weighted by molar-refractivity contribution is 0.0323. The number of hydrogen-bond acceptors (Lipinski definition) is 7. The SMILES string of the molecule is COCC(O)CN1CCC[C@H](Nc2nc(-c3c[nH]c4ncc(Cl)cc34)ncc2F)C1. The van der Waals surface area contributed by atoms with Gasteiger partial charge in [-0.3, -0.25) is 4.90 Å². The summed E-state index contributed by atoms with van der Waals surface area (Å²) in [5.74, 6) is 0.0392. The van der Waals surface area contributed by atoms with Crippen molar-refractivity contribution in [2.24, 2.45) is 0 Å². The molecule has 1 aliphatic rings. The van der Waals surface area contributed by atoms with Crippen molar-refractivity contribution in [3.63, 3.8) is 0 Å². The minimum Gasteiger partial charge on any atom is -0.389 e. The number of aromatic nitrogens is 4. The summed E-state index contributed by atoms with van der Waals surface area (Å²) in [6.45, 7) is 2.39. The molecule has 3 aromatic heterocycles. The summed E-state index contributed by atoms with van der Waals surface area (Å²) in [5, 5.41) is 14.5. The molecule has 30 heavy (non-hydrogen) atoms. The Labute approximate surface area is 178 Å². The average molecular weight is 435 g/mol. The molecular formula is C20H24ClFN6O2. The predicted octanol–water partition coefficient (Wildman–Crippen LogP) is 2.70. The molecule has 10 heteroatoms. The van der Waals surface area contributed by atoms with Crippen LogP contribution in [0.4, 0.5) is 10.2 Å². The highest BCUT2D eigenvalue weighted by Gasteiger charge is 2.23. The van der Waals surface area contributed by atoms with Crippen molar-refractivity contribution in [2.45, 2.75) is 25.0 Å². The lowest BCUT2D eigenvalue weighted by atomic mass is 10.1. The van der Waals surface area contributed by atoms with E-state index in [9.17, 15) is 9.50 Å². The van der Waals surface area contributed by atoms with E-state index >= 15 is 0 Å². The lowest BCUT2D eigenvalue weighted by Gasteiger charge is -2.34. The van der Waals surface area contributed by atoms with Crippen molar-refractivity contribution in [2.75, 3.05) is 38.7 Å². The zero-order chi connectivity index (χ0) is 21.1. The molecular weight excluding hydrogens is 411 g/mol. The number of ether oxygens (including phenoxy) is 1. The number of β-amino-alcohol motifs (C(OH)–C–C–N with tert-alkyl or cyclic N) is 1. The zero-order valence-electron chi connectivity index (χ0n) is 16.6. The van der Waals surface area contributed by atoms with Crippen LogP contribution in [0, 0.1) is 5.82 Å². The number of piperidine rings is 1. The summed E-state index contributed by atoms with van der Waals surface area (Å²) in [5.41, 5.74) is 1.37. The Morgan fingerprint density at radius 2 is 2.30 bits per heavy atom. The average Bonchev–Trinajstić information content (AvgIpc) is 3.13. The molecule has 1 fully saturated rings. The van der Waals surface area contributed by atoms with Gasteiger partial charge in [0, 0.05) is 49.6 Å². The van der Waals surface area contributed by atoms with Gasteiger partial charge in [-0.15, -0.1) is 0 Å². The van der Waals surface area contributed by atoms with Crippen LogP contribution in [0.1, 0.15) is 12.8 Å². The molecule has 2 atom stereocenters. The summed E-state index contributed by atoms with van der Waals surface area (Å²) in [6, 6.07) is 1.80. The molecule has 0 radical (unpaired) electrons. The number of aromatic amines is 1. The normalized spacial score (nSPS) is 18.6. The second kappa shape index (κ2) is 9.22. The van der Waals surface area contributed by atoms with Gasteiger partial charge in [-0.2, -0.15) is 0 Å². The number of pyridine rings is 1. The number of fused-ring (bicyclic) bond motifs is 1. The standard InChI is InChI=1S/C20H24ClFN6O2/c1-30-11-14(29)10-28-4-2-3-13(9-28)26-20-17(22)8-25-19(27-20)16-7-24-18-15(16)5-12(21)6-23-18/h5-8,13-14,29H,2-4,9-11H2,1H3,(H,23,24)(H,25,26,27)/t13-,14?/m0/s1. The van der Waals surface area contributed by atoms with Gasteiger partial charge in [0.2, 0.25) is 0 Å². The number of H-pyrrole nitrogens is 1. The van der Waals surface area contributed by atoms with Gasteiger partial charge in [0.05, 0.1) is 23.9 Å². The predicted molar refractivity (Wildman–Crippen MR) is 113 cm³/mol. The van der Waals surface area contributed by atoms with E-state index in [1.165, 1.54) is 6.20 Å². The van der Waals surface area contributed by atoms with Crippen molar-refractivity contribution in [1.82, 2.24) is 24.8 Å². The molecule has 8 nitrogen and oxygen atoms in total. The number of aliphatic hydroxyl groups excluding tert-OH is 1. The largest absolute Gasteiger partial charge is 0.389 e. The van der Waals surface area contributed by atoms with Crippen molar-refractivity contribution in [3.8, 4) is 11.4 Å². The van der Waals surface area contributed by atoms with E-state index in [-0.39, 0.29) is 11.9 Å². The van der Waals surface area contributed by atoms with E-state index in [0.717, 1.165) is 24.8 Å². The topological polar surface area (TPSA) is 99.2 Å². The van der Waals surface area contributed by atoms with Gasteiger partial charge < -0.3 is 20.1 Å². The van der Waals surface area contributed by atoms with Gasteiger partial charge in [0.15, 0.2) is 17.5 Å². The highest BCUT2D eigenvalue weighted by Crippen LogP contribution is 2.28. The van der Waals surface area contributed by atoms with Gasteiger partial charge >= 0.3 is 0 Å². The molecule has 3 aromatic rings. The Morgan fingerprint density at radius 3 is 3.13 bits per heavy atom. The van der Waals surface area contributed by atoms with Crippen LogP contribution in [0.3, 0.4) is 0 Å². The summed E-state index contributed by atoms with van der Waals surface area (Å²) < 4.78 is 19.4. The first-order chi connectivity index (χ1) is 14.5. The number of likely N-dealkylation sites (tertiary alicyclic amines) is 1. The molecule has 0 bridgehead atoms. The number of halogens is 2. The number of rotatable bonds is 7. The molecule has 4 rings (SSSR count). The Balaban J connectivity index is 1.51. The molecule has 0 amide bonds. The maximum atomic E-state index is 14.5. The van der Waals surface area contributed by atoms with Crippen LogP contribution >= 0.6 is 11.6 Å². The van der Waals surface area contributed by atoms with E-state index in [1.807, 2.05) is 0 Å². The fourth-order valence-corrected chi connectivity index (χ4v) is 3.99. The van der Waals surface area contributed by atoms with Crippen molar-refractivity contribution in [1.29, 1.82) is 0 Å². The molecule has 0 aliphatic carbocycles. The van der Waals surface area contributed by atoms with Crippen LogP contribution in [0.5, 0.6) is 0 Å². The molecule has 1 aliphatic heterocycles. The first kappa shape index (κ1) is 20.9. The third-order valence-corrected chi connectivity index (χ3v) is 5.36. The highest BCUT2D eigenvalue weighted by molar-refractivity contribution is 6.31. The summed E-state index contributed by atoms with van der Waals surface area (Å²) in [4.78, 5) is 18.0. The fraction of sp³-hybridized carbons (Fsp3) is 0.450. The van der Waals surface area contributed by atoms with Gasteiger partial charge in [-0.1, -0.05) is 11.6 Å². The minimum atomic E-state index is -0.543. The monoisotopic (exact) mass is 434 g/mol. The third-order valence-electron chi connectivity index (χ3n) is 5.16. The van der Waals surface area contributed by atoms with Crippen molar-refractivity contribution in [3.05, 3.63) is 35.5 Å².